The summed E-state index contributed by atoms with van der Waals surface area (Å²) in [6, 6.07) is 15.1. The van der Waals surface area contributed by atoms with Crippen molar-refractivity contribution in [3.05, 3.63) is 58.3 Å². The van der Waals surface area contributed by atoms with E-state index in [1.807, 2.05) is 6.07 Å². The van der Waals surface area contributed by atoms with Crippen molar-refractivity contribution in [3.8, 4) is 0 Å². The zero-order chi connectivity index (χ0) is 20.5. The molecule has 2 N–H and O–H groups in total. The highest BCUT2D eigenvalue weighted by atomic mass is 127. The van der Waals surface area contributed by atoms with Crippen LogP contribution in [0.4, 0.5) is 0 Å². The highest BCUT2D eigenvalue weighted by molar-refractivity contribution is 14.0. The maximum absolute atomic E-state index is 11.9. The van der Waals surface area contributed by atoms with Crippen LogP contribution < -0.4 is 10.6 Å². The molecule has 0 spiro atoms. The molecule has 2 aromatic rings. The molecule has 6 nitrogen and oxygen atoms in total. The minimum absolute atomic E-state index is 0. The van der Waals surface area contributed by atoms with Gasteiger partial charge in [-0.15, -0.1) is 35.3 Å². The molecular weight excluding hydrogens is 509 g/mol. The molecule has 1 aromatic heterocycles. The number of hydrogen-bond acceptors (Lipinski definition) is 4. The monoisotopic (exact) mass is 541 g/mol. The molecule has 30 heavy (non-hydrogen) atoms. The molecule has 0 unspecified atom stereocenters. The fourth-order valence-corrected chi connectivity index (χ4v) is 3.94. The summed E-state index contributed by atoms with van der Waals surface area (Å²) in [6.45, 7) is 3.98. The summed E-state index contributed by atoms with van der Waals surface area (Å²) in [7, 11) is 3.51. The van der Waals surface area contributed by atoms with Crippen molar-refractivity contribution >= 4 is 47.2 Å². The SMILES string of the molecule is CN(C)C(=O)CN=C(NCc1cccs1)NC1CCN(Cc2ccccc2)CC1.I. The van der Waals surface area contributed by atoms with Crippen LogP contribution in [-0.4, -0.2) is 61.4 Å². The van der Waals surface area contributed by atoms with Gasteiger partial charge >= 0.3 is 0 Å². The Morgan fingerprint density at radius 2 is 1.90 bits per heavy atom. The van der Waals surface area contributed by atoms with Gasteiger partial charge in [0.25, 0.3) is 0 Å². The Kier molecular flexibility index (Phi) is 10.6. The minimum atomic E-state index is -0.0000889. The normalized spacial score (nSPS) is 15.3. The number of thiophene rings is 1. The lowest BCUT2D eigenvalue weighted by Crippen LogP contribution is -2.48. The third kappa shape index (κ3) is 8.23. The van der Waals surface area contributed by atoms with Crippen molar-refractivity contribution in [2.24, 2.45) is 4.99 Å². The zero-order valence-corrected chi connectivity index (χ0v) is 20.9. The average Bonchev–Trinajstić information content (AvgIpc) is 3.25. The van der Waals surface area contributed by atoms with Crippen LogP contribution in [0, 0.1) is 0 Å². The molecular formula is C22H32IN5OS. The zero-order valence-electron chi connectivity index (χ0n) is 17.7. The van der Waals surface area contributed by atoms with E-state index in [9.17, 15) is 4.79 Å². The van der Waals surface area contributed by atoms with Crippen LogP contribution in [0.1, 0.15) is 23.3 Å². The molecule has 0 atom stereocenters. The van der Waals surface area contributed by atoms with E-state index in [0.29, 0.717) is 12.6 Å². The number of likely N-dealkylation sites (tertiary alicyclic amines) is 1. The molecule has 8 heteroatoms. The number of amides is 1. The minimum Gasteiger partial charge on any atom is -0.354 e. The van der Waals surface area contributed by atoms with E-state index in [4.69, 9.17) is 0 Å². The highest BCUT2D eigenvalue weighted by Crippen LogP contribution is 2.14. The fraction of sp³-hybridized carbons (Fsp3) is 0.455. The van der Waals surface area contributed by atoms with Gasteiger partial charge in [-0.2, -0.15) is 0 Å². The van der Waals surface area contributed by atoms with E-state index in [-0.39, 0.29) is 36.4 Å². The summed E-state index contributed by atoms with van der Waals surface area (Å²) < 4.78 is 0. The number of benzene rings is 1. The Labute approximate surface area is 200 Å². The Hall–Kier alpha value is -1.65. The molecule has 0 aliphatic carbocycles. The summed E-state index contributed by atoms with van der Waals surface area (Å²) in [5.74, 6) is 0.718. The van der Waals surface area contributed by atoms with Crippen molar-refractivity contribution in [2.45, 2.75) is 32.0 Å². The van der Waals surface area contributed by atoms with Crippen molar-refractivity contribution in [2.75, 3.05) is 33.7 Å². The average molecular weight is 542 g/mol. The van der Waals surface area contributed by atoms with Crippen molar-refractivity contribution in [1.29, 1.82) is 0 Å². The smallest absolute Gasteiger partial charge is 0.243 e. The molecule has 1 aliphatic rings. The number of rotatable bonds is 7. The first-order valence-corrected chi connectivity index (χ1v) is 11.0. The molecule has 1 aliphatic heterocycles. The Bertz CT molecular complexity index is 774. The topological polar surface area (TPSA) is 60.0 Å². The molecule has 1 aromatic carbocycles. The lowest BCUT2D eigenvalue weighted by Gasteiger charge is -2.33. The predicted octanol–water partition coefficient (Wildman–Crippen LogP) is 3.15. The van der Waals surface area contributed by atoms with Gasteiger partial charge in [-0.1, -0.05) is 36.4 Å². The maximum atomic E-state index is 11.9. The van der Waals surface area contributed by atoms with Gasteiger partial charge < -0.3 is 15.5 Å². The van der Waals surface area contributed by atoms with Crippen LogP contribution in [0.2, 0.25) is 0 Å². The summed E-state index contributed by atoms with van der Waals surface area (Å²) in [4.78, 5) is 21.8. The third-order valence-corrected chi connectivity index (χ3v) is 5.94. The van der Waals surface area contributed by atoms with Gasteiger partial charge in [0.15, 0.2) is 5.96 Å². The summed E-state index contributed by atoms with van der Waals surface area (Å²) in [6.07, 6.45) is 2.13. The molecule has 2 heterocycles. The molecule has 0 bridgehead atoms. The van der Waals surface area contributed by atoms with E-state index in [1.54, 1.807) is 30.3 Å². The first kappa shape index (κ1) is 24.6. The number of piperidine rings is 1. The number of nitrogens with one attached hydrogen (secondary N) is 2. The van der Waals surface area contributed by atoms with E-state index >= 15 is 0 Å². The lowest BCUT2D eigenvalue weighted by molar-refractivity contribution is -0.127. The molecule has 1 fully saturated rings. The number of carbonyl (C=O) groups excluding carboxylic acids is 1. The second-order valence-corrected chi connectivity index (χ2v) is 8.60. The van der Waals surface area contributed by atoms with Crippen LogP contribution in [0.5, 0.6) is 0 Å². The number of halogens is 1. The van der Waals surface area contributed by atoms with Crippen LogP contribution in [0.15, 0.2) is 52.8 Å². The lowest BCUT2D eigenvalue weighted by atomic mass is 10.0. The van der Waals surface area contributed by atoms with Gasteiger partial charge in [-0.3, -0.25) is 9.69 Å². The van der Waals surface area contributed by atoms with E-state index in [1.165, 1.54) is 10.4 Å². The Balaban J connectivity index is 0.00000320. The largest absolute Gasteiger partial charge is 0.354 e. The first-order chi connectivity index (χ1) is 14.1. The Morgan fingerprint density at radius 1 is 1.17 bits per heavy atom. The number of guanidine groups is 1. The molecule has 1 saturated heterocycles. The van der Waals surface area contributed by atoms with E-state index in [2.05, 4.69) is 62.3 Å². The van der Waals surface area contributed by atoms with Gasteiger partial charge in [0, 0.05) is 44.6 Å². The van der Waals surface area contributed by atoms with E-state index < -0.39 is 0 Å². The van der Waals surface area contributed by atoms with Crippen molar-refractivity contribution in [1.82, 2.24) is 20.4 Å². The fourth-order valence-electron chi connectivity index (χ4n) is 3.30. The third-order valence-electron chi connectivity index (χ3n) is 5.06. The highest BCUT2D eigenvalue weighted by Gasteiger charge is 2.20. The molecule has 3 rings (SSSR count). The molecule has 164 valence electrons. The number of carbonyl (C=O) groups is 1. The number of hydrogen-bond donors (Lipinski definition) is 2. The standard InChI is InChI=1S/C22H31N5OS.HI/c1-26(2)21(28)16-24-22(23-15-20-9-6-14-29-20)25-19-10-12-27(13-11-19)17-18-7-4-3-5-8-18;/h3-9,14,19H,10-13,15-17H2,1-2H3,(H2,23,24,25);1H. The number of likely N-dealkylation sites (N-methyl/N-ethyl adjacent to an activating group) is 1. The van der Waals surface area contributed by atoms with E-state index in [0.717, 1.165) is 38.4 Å². The molecule has 0 saturated carbocycles. The number of aliphatic imine (C=N–C) groups is 1. The summed E-state index contributed by atoms with van der Waals surface area (Å²) >= 11 is 1.71. The molecule has 0 radical (unpaired) electrons. The predicted molar refractivity (Wildman–Crippen MR) is 135 cm³/mol. The van der Waals surface area contributed by atoms with Crippen LogP contribution in [0.3, 0.4) is 0 Å². The quantitative estimate of drug-likeness (QED) is 0.321. The van der Waals surface area contributed by atoms with Gasteiger partial charge in [-0.05, 0) is 29.9 Å². The van der Waals surface area contributed by atoms with Gasteiger partial charge in [0.2, 0.25) is 5.91 Å². The summed E-state index contributed by atoms with van der Waals surface area (Å²) in [5.41, 5.74) is 1.36. The van der Waals surface area contributed by atoms with Gasteiger partial charge in [0.05, 0.1) is 6.54 Å². The molecule has 1 amide bonds. The van der Waals surface area contributed by atoms with Crippen LogP contribution in [0.25, 0.3) is 0 Å². The first-order valence-electron chi connectivity index (χ1n) is 10.1. The maximum Gasteiger partial charge on any atom is 0.243 e. The van der Waals surface area contributed by atoms with Crippen molar-refractivity contribution in [3.63, 3.8) is 0 Å². The van der Waals surface area contributed by atoms with Gasteiger partial charge in [-0.25, -0.2) is 4.99 Å². The second-order valence-electron chi connectivity index (χ2n) is 7.57. The van der Waals surface area contributed by atoms with Crippen molar-refractivity contribution < 1.29 is 4.79 Å². The Morgan fingerprint density at radius 3 is 2.53 bits per heavy atom. The summed E-state index contributed by atoms with van der Waals surface area (Å²) in [5, 5.41) is 8.99. The number of nitrogens with zero attached hydrogens (tertiary/aromatic N) is 3. The van der Waals surface area contributed by atoms with Crippen LogP contribution >= 0.6 is 35.3 Å². The second kappa shape index (κ2) is 12.9. The van der Waals surface area contributed by atoms with Gasteiger partial charge in [0.1, 0.15) is 6.54 Å². The van der Waals surface area contributed by atoms with Crippen LogP contribution in [-0.2, 0) is 17.9 Å².